The third-order valence-electron chi connectivity index (χ3n) is 0. The van der Waals surface area contributed by atoms with Gasteiger partial charge in [-0.3, -0.25) is 0 Å². The van der Waals surface area contributed by atoms with Crippen molar-refractivity contribution in [3.63, 3.8) is 0 Å². The molecule has 6 heavy (non-hydrogen) atoms. The van der Waals surface area contributed by atoms with E-state index < -0.39 is 19.5 Å². The second-order valence-electron chi connectivity index (χ2n) is 0.0833. The number of aliphatic hydroxyl groups is 1. The van der Waals surface area contributed by atoms with Gasteiger partial charge in [0.15, 0.2) is 0 Å². The van der Waals surface area contributed by atoms with E-state index in [1.165, 1.54) is 0 Å². The topological polar surface area (TPSA) is 60.4 Å². The minimum absolute atomic E-state index is 0. The van der Waals surface area contributed by atoms with Crippen molar-refractivity contribution >= 4 is 0 Å². The van der Waals surface area contributed by atoms with E-state index in [4.69, 9.17) is 12.1 Å². The predicted octanol–water partition coefficient (Wildman–Crippen LogP) is -4.70. The molecule has 0 atom stereocenters. The van der Waals surface area contributed by atoms with Crippen LogP contribution in [0.4, 0.5) is 0 Å². The van der Waals surface area contributed by atoms with Crippen LogP contribution in [0.5, 0.6) is 0 Å². The van der Waals surface area contributed by atoms with Gasteiger partial charge in [-0.2, -0.15) is 0 Å². The van der Waals surface area contributed by atoms with Crippen LogP contribution in [0.3, 0.4) is 0 Å². The first kappa shape index (κ1) is 15.7. The first-order valence-electron chi connectivity index (χ1n) is 0.855. The summed E-state index contributed by atoms with van der Waals surface area (Å²) in [4.78, 5) is 0. The van der Waals surface area contributed by atoms with E-state index in [0.717, 1.165) is 7.11 Å². The zero-order chi connectivity index (χ0) is 4.71. The fraction of sp³-hybridized carbons (Fsp3) is 1.00. The summed E-state index contributed by atoms with van der Waals surface area (Å²) >= 11 is -2.00. The van der Waals surface area contributed by atoms with Crippen molar-refractivity contribution < 1.29 is 50.5 Å². The van der Waals surface area contributed by atoms with Gasteiger partial charge in [0.25, 0.3) is 0 Å². The summed E-state index contributed by atoms with van der Waals surface area (Å²) < 4.78 is 17.0. The first-order valence-corrected chi connectivity index (χ1v) is 2.13. The van der Waals surface area contributed by atoms with Crippen LogP contribution in [0.2, 0.25) is 0 Å². The van der Waals surface area contributed by atoms with Gasteiger partial charge in [-0.1, -0.05) is 0 Å². The van der Waals surface area contributed by atoms with E-state index in [1.54, 1.807) is 0 Å². The van der Waals surface area contributed by atoms with E-state index in [1.807, 2.05) is 0 Å². The molecule has 0 aliphatic heterocycles. The van der Waals surface area contributed by atoms with Gasteiger partial charge < -0.3 is 5.11 Å². The zero-order valence-electron chi connectivity index (χ0n) is 3.76. The SMILES string of the molecule is CO.[Li+].[O]=[Ti][O-]. The van der Waals surface area contributed by atoms with Crippen molar-refractivity contribution in [2.24, 2.45) is 0 Å². The maximum atomic E-state index is 8.50. The molecule has 0 aromatic heterocycles. The molecule has 0 heterocycles. The molecule has 0 spiro atoms. The van der Waals surface area contributed by atoms with E-state index in [2.05, 4.69) is 0 Å². The van der Waals surface area contributed by atoms with Gasteiger partial charge in [-0.25, -0.2) is 0 Å². The third kappa shape index (κ3) is 76.8. The Morgan fingerprint density at radius 2 is 1.67 bits per heavy atom. The number of aliphatic hydroxyl groups excluding tert-OH is 1. The molecule has 0 aromatic rings. The Labute approximate surface area is 57.7 Å². The van der Waals surface area contributed by atoms with E-state index >= 15 is 0 Å². The Hall–Kier alpha value is 1.03. The Bertz CT molecular complexity index is 18.3. The molecule has 3 nitrogen and oxygen atoms in total. The van der Waals surface area contributed by atoms with Crippen molar-refractivity contribution in [2.75, 3.05) is 7.11 Å². The fourth-order valence-corrected chi connectivity index (χ4v) is 0. The van der Waals surface area contributed by atoms with Gasteiger partial charge >= 0.3 is 45.4 Å². The van der Waals surface area contributed by atoms with Crippen LogP contribution in [-0.4, -0.2) is 12.2 Å². The zero-order valence-corrected chi connectivity index (χ0v) is 5.33. The summed E-state index contributed by atoms with van der Waals surface area (Å²) in [5.74, 6) is 0. The second kappa shape index (κ2) is 37.0. The molecule has 31 valence electrons. The van der Waals surface area contributed by atoms with Crippen LogP contribution in [0.1, 0.15) is 0 Å². The summed E-state index contributed by atoms with van der Waals surface area (Å²) in [6, 6.07) is 0. The molecule has 0 unspecified atom stereocenters. The molecule has 0 saturated heterocycles. The monoisotopic (exact) mass is 119 g/mol. The molecule has 0 aliphatic carbocycles. The first-order chi connectivity index (χ1) is 2.41. The van der Waals surface area contributed by atoms with Crippen LogP contribution in [0.15, 0.2) is 0 Å². The van der Waals surface area contributed by atoms with Gasteiger partial charge in [-0.15, -0.1) is 0 Å². The average Bonchev–Trinajstić information content (AvgIpc) is 1.46. The average molecular weight is 119 g/mol. The molecule has 0 aliphatic rings. The minimum atomic E-state index is -2.00. The van der Waals surface area contributed by atoms with Crippen molar-refractivity contribution in [1.29, 1.82) is 0 Å². The molecule has 1 N–H and O–H groups in total. The van der Waals surface area contributed by atoms with Crippen molar-refractivity contribution in [1.82, 2.24) is 0 Å². The Morgan fingerprint density at radius 3 is 1.67 bits per heavy atom. The molecule has 0 bridgehead atoms. The number of hydrogen-bond donors (Lipinski definition) is 1. The Morgan fingerprint density at radius 1 is 1.67 bits per heavy atom. The third-order valence-corrected chi connectivity index (χ3v) is 0. The summed E-state index contributed by atoms with van der Waals surface area (Å²) in [6.07, 6.45) is 0. The second-order valence-corrected chi connectivity index (χ2v) is 0.344. The molecular weight excluding hydrogens is 115 g/mol. The van der Waals surface area contributed by atoms with Crippen LogP contribution in [0.25, 0.3) is 0 Å². The molecule has 0 fully saturated rings. The summed E-state index contributed by atoms with van der Waals surface area (Å²) in [7, 11) is 1.00. The van der Waals surface area contributed by atoms with Crippen molar-refractivity contribution in [3.05, 3.63) is 0 Å². The molecule has 0 rings (SSSR count). The Balaban J connectivity index is -0.0000000275. The number of hydrogen-bond acceptors (Lipinski definition) is 3. The van der Waals surface area contributed by atoms with Gasteiger partial charge in [0.05, 0.1) is 0 Å². The van der Waals surface area contributed by atoms with Crippen LogP contribution in [0, 0.1) is 0 Å². The molecule has 0 radical (unpaired) electrons. The molecule has 0 amide bonds. The standard InChI is InChI=1S/CH4O.Li.2O.Ti/c1-2;;;;/h2H,1H3;;;;/q;+1;;-1;. The van der Waals surface area contributed by atoms with Crippen LogP contribution < -0.4 is 22.5 Å². The summed E-state index contributed by atoms with van der Waals surface area (Å²) in [5.41, 5.74) is 0. The van der Waals surface area contributed by atoms with Crippen LogP contribution >= 0.6 is 0 Å². The molecule has 0 saturated carbocycles. The van der Waals surface area contributed by atoms with Gasteiger partial charge in [-0.05, 0) is 0 Å². The van der Waals surface area contributed by atoms with E-state index in [0.29, 0.717) is 0 Å². The molecule has 5 heteroatoms. The maximum absolute atomic E-state index is 8.50. The van der Waals surface area contributed by atoms with Gasteiger partial charge in [0.1, 0.15) is 0 Å². The molecule has 0 aromatic carbocycles. The Kier molecular flexibility index (Phi) is 97.0. The van der Waals surface area contributed by atoms with Crippen molar-refractivity contribution in [3.8, 4) is 0 Å². The molecular formula is CH4LiO3Ti. The van der Waals surface area contributed by atoms with Gasteiger partial charge in [0.2, 0.25) is 0 Å². The quantitative estimate of drug-likeness (QED) is 0.326. The predicted molar refractivity (Wildman–Crippen MR) is 8.83 cm³/mol. The number of rotatable bonds is 0. The van der Waals surface area contributed by atoms with E-state index in [9.17, 15) is 0 Å². The fourth-order valence-electron chi connectivity index (χ4n) is 0. The van der Waals surface area contributed by atoms with Crippen LogP contribution in [-0.2, 0) is 22.8 Å². The van der Waals surface area contributed by atoms with Gasteiger partial charge in [0, 0.05) is 7.11 Å². The van der Waals surface area contributed by atoms with E-state index in [-0.39, 0.29) is 18.9 Å². The van der Waals surface area contributed by atoms with Crippen molar-refractivity contribution in [2.45, 2.75) is 0 Å². The summed E-state index contributed by atoms with van der Waals surface area (Å²) in [6.45, 7) is 0. The summed E-state index contributed by atoms with van der Waals surface area (Å²) in [5, 5.41) is 7.00. The normalized spacial score (nSPS) is 2.50.